The van der Waals surface area contributed by atoms with Gasteiger partial charge in [0, 0.05) is 35.3 Å². The van der Waals surface area contributed by atoms with E-state index in [2.05, 4.69) is 30.3 Å². The Morgan fingerprint density at radius 1 is 0.793 bits per heavy atom. The zero-order valence-electron chi connectivity index (χ0n) is 33.2. The highest BCUT2D eigenvalue weighted by atomic mass is 32.2. The molecule has 0 atom stereocenters. The minimum absolute atomic E-state index is 0.0499. The number of pyridine rings is 1. The Bertz CT molecular complexity index is 2360. The fourth-order valence-electron chi connectivity index (χ4n) is 6.06. The van der Waals surface area contributed by atoms with Gasteiger partial charge in [0.1, 0.15) is 45.4 Å². The number of carbonyl (C=O) groups excluding carboxylic acids is 2. The van der Waals surface area contributed by atoms with E-state index in [1.54, 1.807) is 51.1 Å². The maximum absolute atomic E-state index is 14.4. The molecular weight excluding hydrogens is 771 g/mol. The van der Waals surface area contributed by atoms with Gasteiger partial charge in [-0.15, -0.1) is 0 Å². The highest BCUT2D eigenvalue weighted by Crippen LogP contribution is 2.36. The second kappa shape index (κ2) is 19.5. The first-order chi connectivity index (χ1) is 27.6. The fourth-order valence-corrected chi connectivity index (χ4v) is 7.16. The molecule has 0 unspecified atom stereocenters. The molecule has 0 saturated heterocycles. The molecule has 3 aromatic carbocycles. The van der Waals surface area contributed by atoms with Crippen molar-refractivity contribution in [2.45, 2.75) is 89.6 Å². The van der Waals surface area contributed by atoms with E-state index < -0.39 is 38.2 Å². The summed E-state index contributed by atoms with van der Waals surface area (Å²) in [5, 5.41) is 6.31. The lowest BCUT2D eigenvalue weighted by atomic mass is 10.0. The normalized spacial score (nSPS) is 11.6. The number of nitrogens with zero attached hydrogens (tertiary/aromatic N) is 3. The number of hydrogen-bond donors (Lipinski definition) is 3. The van der Waals surface area contributed by atoms with Crippen LogP contribution in [-0.4, -0.2) is 54.7 Å². The number of amides is 2. The standard InChI is InChI=1S/C42H48F2N6O7S/c1-27-31-21-28(29-22-35(40(55-5)45-25-29)50-58(53,54)37-19-18-30(43)24-32(37)44)23-36(39(31)47-26-46-27)56-20-14-10-8-6-7-9-11-17-38(51)48-33-15-12-13-16-34(33)49-41(52)57-42(2,3)4/h12-13,15-16,18-19,21-26,50H,6-11,14,17,20H2,1-5H3,(H,48,51)(H,49,52). The van der Waals surface area contributed by atoms with E-state index >= 15 is 0 Å². The number of benzene rings is 3. The van der Waals surface area contributed by atoms with Gasteiger partial charge in [0.15, 0.2) is 0 Å². The maximum atomic E-state index is 14.4. The number of nitrogens with one attached hydrogen (secondary N) is 3. The number of fused-ring (bicyclic) bond motifs is 1. The van der Waals surface area contributed by atoms with Crippen LogP contribution >= 0.6 is 0 Å². The number of aryl methyl sites for hydroxylation is 1. The summed E-state index contributed by atoms with van der Waals surface area (Å²) in [4.78, 5) is 37.2. The van der Waals surface area contributed by atoms with Crippen LogP contribution in [0.25, 0.3) is 22.0 Å². The summed E-state index contributed by atoms with van der Waals surface area (Å²) >= 11 is 0. The first-order valence-corrected chi connectivity index (χ1v) is 20.4. The van der Waals surface area contributed by atoms with Crippen LogP contribution in [0.3, 0.4) is 0 Å². The van der Waals surface area contributed by atoms with E-state index in [9.17, 15) is 26.8 Å². The number of rotatable bonds is 18. The van der Waals surface area contributed by atoms with Gasteiger partial charge in [-0.3, -0.25) is 14.8 Å². The summed E-state index contributed by atoms with van der Waals surface area (Å²) in [6.45, 7) is 7.62. The van der Waals surface area contributed by atoms with E-state index in [0.29, 0.717) is 58.6 Å². The molecule has 0 fully saturated rings. The molecule has 3 N–H and O–H groups in total. The van der Waals surface area contributed by atoms with Crippen LogP contribution < -0.4 is 24.8 Å². The number of hydrogen-bond acceptors (Lipinski definition) is 10. The lowest BCUT2D eigenvalue weighted by molar-refractivity contribution is -0.116. The van der Waals surface area contributed by atoms with Gasteiger partial charge >= 0.3 is 6.09 Å². The lowest BCUT2D eigenvalue weighted by Gasteiger charge is -2.20. The highest BCUT2D eigenvalue weighted by Gasteiger charge is 2.23. The van der Waals surface area contributed by atoms with Crippen LogP contribution in [0.4, 0.5) is 30.6 Å². The number of aromatic nitrogens is 3. The molecule has 16 heteroatoms. The molecule has 0 aliphatic rings. The SMILES string of the molecule is COc1ncc(-c2cc(OCCCCCCCCCC(=O)Nc3ccccc3NC(=O)OC(C)(C)C)c3ncnc(C)c3c2)cc1NS(=O)(=O)c1ccc(F)cc1F. The largest absolute Gasteiger partial charge is 0.491 e. The zero-order chi connectivity index (χ0) is 41.9. The van der Waals surface area contributed by atoms with Gasteiger partial charge in [-0.2, -0.15) is 0 Å². The summed E-state index contributed by atoms with van der Waals surface area (Å²) in [6.07, 6.45) is 9.13. The Morgan fingerprint density at radius 2 is 1.48 bits per heavy atom. The molecule has 13 nitrogen and oxygen atoms in total. The Morgan fingerprint density at radius 3 is 2.17 bits per heavy atom. The topological polar surface area (TPSA) is 171 Å². The lowest BCUT2D eigenvalue weighted by Crippen LogP contribution is -2.27. The molecular formula is C42H48F2N6O7S. The second-order valence-corrected chi connectivity index (χ2v) is 16.2. The van der Waals surface area contributed by atoms with Crippen molar-refractivity contribution in [2.75, 3.05) is 29.1 Å². The van der Waals surface area contributed by atoms with E-state index in [-0.39, 0.29) is 17.5 Å². The van der Waals surface area contributed by atoms with Gasteiger partial charge in [-0.25, -0.2) is 36.9 Å². The van der Waals surface area contributed by atoms with Crippen molar-refractivity contribution in [3.63, 3.8) is 0 Å². The number of halogens is 2. The second-order valence-electron chi connectivity index (χ2n) is 14.6. The molecule has 0 aliphatic carbocycles. The zero-order valence-corrected chi connectivity index (χ0v) is 34.0. The van der Waals surface area contributed by atoms with Crippen LogP contribution in [0.15, 0.2) is 78.1 Å². The average Bonchev–Trinajstić information content (AvgIpc) is 3.15. The summed E-state index contributed by atoms with van der Waals surface area (Å²) in [5.41, 5.74) is 2.76. The van der Waals surface area contributed by atoms with Crippen LogP contribution in [0.2, 0.25) is 0 Å². The third-order valence-electron chi connectivity index (χ3n) is 8.85. The fraction of sp³-hybridized carbons (Fsp3) is 0.357. The Labute approximate surface area is 337 Å². The predicted molar refractivity (Wildman–Crippen MR) is 219 cm³/mol. The van der Waals surface area contributed by atoms with Crippen molar-refractivity contribution in [3.8, 4) is 22.8 Å². The van der Waals surface area contributed by atoms with E-state index in [1.165, 1.54) is 25.7 Å². The molecule has 0 aliphatic heterocycles. The monoisotopic (exact) mass is 818 g/mol. The third-order valence-corrected chi connectivity index (χ3v) is 10.2. The van der Waals surface area contributed by atoms with Crippen molar-refractivity contribution in [1.29, 1.82) is 0 Å². The Kier molecular flexibility index (Phi) is 14.5. The predicted octanol–water partition coefficient (Wildman–Crippen LogP) is 9.57. The van der Waals surface area contributed by atoms with Crippen molar-refractivity contribution >= 4 is 50.0 Å². The summed E-state index contributed by atoms with van der Waals surface area (Å²) in [7, 11) is -3.16. The van der Waals surface area contributed by atoms with E-state index in [4.69, 9.17) is 14.2 Å². The molecule has 308 valence electrons. The maximum Gasteiger partial charge on any atom is 0.412 e. The molecule has 0 spiro atoms. The average molecular weight is 819 g/mol. The first kappa shape index (κ1) is 43.2. The number of anilines is 3. The summed E-state index contributed by atoms with van der Waals surface area (Å²) in [5.74, 6) is -1.80. The number of sulfonamides is 1. The minimum Gasteiger partial charge on any atom is -0.491 e. The number of carbonyl (C=O) groups is 2. The van der Waals surface area contributed by atoms with Gasteiger partial charge in [-0.1, -0.05) is 44.2 Å². The van der Waals surface area contributed by atoms with Crippen LogP contribution in [0, 0.1) is 18.6 Å². The molecule has 0 saturated carbocycles. The van der Waals surface area contributed by atoms with Crippen molar-refractivity contribution < 1.29 is 41.0 Å². The molecule has 0 radical (unpaired) electrons. The highest BCUT2D eigenvalue weighted by molar-refractivity contribution is 7.92. The van der Waals surface area contributed by atoms with E-state index in [0.717, 1.165) is 62.5 Å². The molecule has 5 rings (SSSR count). The molecule has 2 amide bonds. The molecule has 2 heterocycles. The van der Waals surface area contributed by atoms with Crippen LogP contribution in [0.5, 0.6) is 11.6 Å². The van der Waals surface area contributed by atoms with Gasteiger partial charge in [0.2, 0.25) is 11.8 Å². The number of unbranched alkanes of at least 4 members (excludes halogenated alkanes) is 6. The quantitative estimate of drug-likeness (QED) is 0.0724. The minimum atomic E-state index is -4.48. The smallest absolute Gasteiger partial charge is 0.412 e. The Balaban J connectivity index is 1.11. The van der Waals surface area contributed by atoms with Crippen molar-refractivity contribution in [1.82, 2.24) is 15.0 Å². The van der Waals surface area contributed by atoms with E-state index in [1.807, 2.05) is 13.0 Å². The van der Waals surface area contributed by atoms with Gasteiger partial charge in [0.25, 0.3) is 10.0 Å². The molecule has 0 bridgehead atoms. The first-order valence-electron chi connectivity index (χ1n) is 18.9. The Hall–Kier alpha value is -5.90. The van der Waals surface area contributed by atoms with Gasteiger partial charge < -0.3 is 19.5 Å². The van der Waals surface area contributed by atoms with Crippen molar-refractivity contribution in [2.24, 2.45) is 0 Å². The number of methoxy groups -OCH3 is 1. The molecule has 58 heavy (non-hydrogen) atoms. The van der Waals surface area contributed by atoms with Crippen LogP contribution in [-0.2, 0) is 19.6 Å². The van der Waals surface area contributed by atoms with Gasteiger partial charge in [0.05, 0.1) is 25.1 Å². The van der Waals surface area contributed by atoms with Gasteiger partial charge in [-0.05, 0) is 88.6 Å². The third kappa shape index (κ3) is 12.1. The number of para-hydroxylation sites is 2. The molecule has 2 aromatic heterocycles. The summed E-state index contributed by atoms with van der Waals surface area (Å²) < 4.78 is 73.3. The number of ether oxygens (including phenoxy) is 3. The van der Waals surface area contributed by atoms with Crippen molar-refractivity contribution in [3.05, 3.63) is 90.5 Å². The molecule has 5 aromatic rings. The van der Waals surface area contributed by atoms with Crippen LogP contribution in [0.1, 0.15) is 77.8 Å². The summed E-state index contributed by atoms with van der Waals surface area (Å²) in [6, 6.07) is 14.3.